The number of nitrogens with zero attached hydrogens (tertiary/aromatic N) is 5. The highest BCUT2D eigenvalue weighted by molar-refractivity contribution is 7.98. The number of hydrogen-bond donors (Lipinski definition) is 1. The highest BCUT2D eigenvalue weighted by atomic mass is 32.2. The molecule has 0 atom stereocenters. The average Bonchev–Trinajstić information content (AvgIpc) is 2.88. The topological polar surface area (TPSA) is 64.6 Å². The highest BCUT2D eigenvalue weighted by Gasteiger charge is 2.18. The smallest absolute Gasteiger partial charge is 0.251 e. The van der Waals surface area contributed by atoms with E-state index in [4.69, 9.17) is 9.97 Å². The van der Waals surface area contributed by atoms with Gasteiger partial charge in [0.15, 0.2) is 5.16 Å². The number of anilines is 1. The van der Waals surface area contributed by atoms with Crippen molar-refractivity contribution in [3.05, 3.63) is 71.8 Å². The molecule has 1 aliphatic rings. The average molecular weight is 491 g/mol. The van der Waals surface area contributed by atoms with Crippen molar-refractivity contribution in [2.45, 2.75) is 10.9 Å². The molecule has 7 nitrogen and oxygen atoms in total. The van der Waals surface area contributed by atoms with E-state index in [-0.39, 0.29) is 5.91 Å². The molecule has 1 aromatic heterocycles. The Morgan fingerprint density at radius 1 is 1.00 bits per heavy atom. The van der Waals surface area contributed by atoms with Crippen LogP contribution in [0.5, 0.6) is 0 Å². The monoisotopic (exact) mass is 490 g/mol. The zero-order valence-electron chi connectivity index (χ0n) is 20.8. The van der Waals surface area contributed by atoms with Crippen LogP contribution in [-0.2, 0) is 5.75 Å². The third kappa shape index (κ3) is 7.27. The molecule has 2 heterocycles. The number of amides is 1. The number of piperazine rings is 1. The van der Waals surface area contributed by atoms with Crippen LogP contribution in [0.25, 0.3) is 11.3 Å². The summed E-state index contributed by atoms with van der Waals surface area (Å²) in [4.78, 5) is 28.9. The molecule has 1 fully saturated rings. The van der Waals surface area contributed by atoms with Crippen LogP contribution >= 0.6 is 11.8 Å². The Balaban J connectivity index is 1.45. The second-order valence-electron chi connectivity index (χ2n) is 9.10. The van der Waals surface area contributed by atoms with Crippen LogP contribution < -0.4 is 10.2 Å². The van der Waals surface area contributed by atoms with Gasteiger partial charge in [-0.3, -0.25) is 4.79 Å². The Hall–Kier alpha value is -2.94. The first-order valence-corrected chi connectivity index (χ1v) is 13.0. The lowest BCUT2D eigenvalue weighted by molar-refractivity contribution is 0.0951. The van der Waals surface area contributed by atoms with Gasteiger partial charge in [-0.1, -0.05) is 54.2 Å². The number of hydrogen-bond acceptors (Lipinski definition) is 7. The molecule has 0 unspecified atom stereocenters. The fourth-order valence-corrected chi connectivity index (χ4v) is 4.64. The lowest BCUT2D eigenvalue weighted by Crippen LogP contribution is -2.44. The molecule has 35 heavy (non-hydrogen) atoms. The van der Waals surface area contributed by atoms with Gasteiger partial charge in [0.1, 0.15) is 5.82 Å². The molecule has 0 bridgehead atoms. The summed E-state index contributed by atoms with van der Waals surface area (Å²) in [7, 11) is 6.14. The molecule has 2 aromatic carbocycles. The second kappa shape index (κ2) is 12.2. The predicted octanol–water partition coefficient (Wildman–Crippen LogP) is 3.48. The molecular formula is C27H34N6OS. The van der Waals surface area contributed by atoms with Crippen LogP contribution in [0, 0.1) is 0 Å². The van der Waals surface area contributed by atoms with E-state index in [1.165, 1.54) is 0 Å². The van der Waals surface area contributed by atoms with E-state index in [0.29, 0.717) is 12.1 Å². The normalized spacial score (nSPS) is 14.3. The largest absolute Gasteiger partial charge is 0.354 e. The van der Waals surface area contributed by atoms with Gasteiger partial charge >= 0.3 is 0 Å². The van der Waals surface area contributed by atoms with Gasteiger partial charge in [-0.25, -0.2) is 9.97 Å². The molecule has 1 aliphatic heterocycles. The maximum absolute atomic E-state index is 12.3. The third-order valence-corrected chi connectivity index (χ3v) is 6.94. The van der Waals surface area contributed by atoms with Crippen LogP contribution in [0.3, 0.4) is 0 Å². The maximum Gasteiger partial charge on any atom is 0.251 e. The summed E-state index contributed by atoms with van der Waals surface area (Å²) < 4.78 is 0. The molecule has 0 aliphatic carbocycles. The van der Waals surface area contributed by atoms with Crippen molar-refractivity contribution in [2.75, 3.05) is 65.3 Å². The van der Waals surface area contributed by atoms with Crippen molar-refractivity contribution < 1.29 is 4.79 Å². The van der Waals surface area contributed by atoms with Gasteiger partial charge in [-0.15, -0.1) is 0 Å². The van der Waals surface area contributed by atoms with E-state index in [0.717, 1.165) is 66.3 Å². The molecule has 1 amide bonds. The summed E-state index contributed by atoms with van der Waals surface area (Å²) in [6, 6.07) is 20.2. The third-order valence-electron chi connectivity index (χ3n) is 6.02. The molecule has 1 saturated heterocycles. The van der Waals surface area contributed by atoms with E-state index in [9.17, 15) is 4.79 Å². The number of likely N-dealkylation sites (N-methyl/N-ethyl adjacent to an activating group) is 2. The van der Waals surface area contributed by atoms with Gasteiger partial charge in [0, 0.05) is 62.2 Å². The number of carbonyl (C=O) groups excluding carboxylic acids is 1. The first kappa shape index (κ1) is 25.2. The molecule has 184 valence electrons. The van der Waals surface area contributed by atoms with Crippen LogP contribution in [0.2, 0.25) is 0 Å². The lowest BCUT2D eigenvalue weighted by atomic mass is 10.1. The Bertz CT molecular complexity index is 1100. The van der Waals surface area contributed by atoms with Crippen LogP contribution in [-0.4, -0.2) is 86.1 Å². The number of rotatable bonds is 9. The standard InChI is InChI=1S/C27H34N6OS/c1-31(2)14-13-28-26(34)23-11-9-21(10-12-23)20-35-27-29-24(22-7-5-4-6-8-22)19-25(30-27)33-17-15-32(3)16-18-33/h4-12,19H,13-18,20H2,1-3H3,(H,28,34). The Morgan fingerprint density at radius 2 is 1.71 bits per heavy atom. The van der Waals surface area contributed by atoms with Crippen molar-refractivity contribution in [3.63, 3.8) is 0 Å². The van der Waals surface area contributed by atoms with Crippen LogP contribution in [0.15, 0.2) is 65.8 Å². The zero-order chi connectivity index (χ0) is 24.6. The lowest BCUT2D eigenvalue weighted by Gasteiger charge is -2.33. The number of nitrogens with one attached hydrogen (secondary N) is 1. The summed E-state index contributed by atoms with van der Waals surface area (Å²) >= 11 is 1.63. The summed E-state index contributed by atoms with van der Waals surface area (Å²) in [5.74, 6) is 1.68. The quantitative estimate of drug-likeness (QED) is 0.364. The minimum Gasteiger partial charge on any atom is -0.354 e. The van der Waals surface area contributed by atoms with Crippen LogP contribution in [0.4, 0.5) is 5.82 Å². The minimum absolute atomic E-state index is 0.0400. The number of aromatic nitrogens is 2. The van der Waals surface area contributed by atoms with E-state index in [1.54, 1.807) is 11.8 Å². The fourth-order valence-electron chi connectivity index (χ4n) is 3.83. The summed E-state index contributed by atoms with van der Waals surface area (Å²) in [5.41, 5.74) is 3.85. The number of carbonyl (C=O) groups is 1. The molecular weight excluding hydrogens is 456 g/mol. The van der Waals surface area contributed by atoms with Gasteiger partial charge in [0.25, 0.3) is 5.91 Å². The van der Waals surface area contributed by atoms with Crippen molar-refractivity contribution in [2.24, 2.45) is 0 Å². The van der Waals surface area contributed by atoms with Crippen molar-refractivity contribution in [3.8, 4) is 11.3 Å². The number of benzene rings is 2. The fraction of sp³-hybridized carbons (Fsp3) is 0.370. The van der Waals surface area contributed by atoms with E-state index < -0.39 is 0 Å². The molecule has 3 aromatic rings. The summed E-state index contributed by atoms with van der Waals surface area (Å²) in [5, 5.41) is 3.73. The Kier molecular flexibility index (Phi) is 8.74. The van der Waals surface area contributed by atoms with Gasteiger partial charge in [-0.2, -0.15) is 0 Å². The van der Waals surface area contributed by atoms with E-state index in [2.05, 4.69) is 40.4 Å². The van der Waals surface area contributed by atoms with Gasteiger partial charge in [-0.05, 0) is 38.8 Å². The van der Waals surface area contributed by atoms with E-state index >= 15 is 0 Å². The van der Waals surface area contributed by atoms with Crippen molar-refractivity contribution in [1.29, 1.82) is 0 Å². The van der Waals surface area contributed by atoms with Gasteiger partial charge in [0.05, 0.1) is 5.69 Å². The molecule has 4 rings (SSSR count). The van der Waals surface area contributed by atoms with Crippen molar-refractivity contribution >= 4 is 23.5 Å². The van der Waals surface area contributed by atoms with Gasteiger partial charge < -0.3 is 20.0 Å². The first-order valence-electron chi connectivity index (χ1n) is 12.0. The summed E-state index contributed by atoms with van der Waals surface area (Å²) in [6.45, 7) is 5.44. The first-order chi connectivity index (χ1) is 17.0. The van der Waals surface area contributed by atoms with Crippen molar-refractivity contribution in [1.82, 2.24) is 25.1 Å². The number of thioether (sulfide) groups is 1. The highest BCUT2D eigenvalue weighted by Crippen LogP contribution is 2.28. The summed E-state index contributed by atoms with van der Waals surface area (Å²) in [6.07, 6.45) is 0. The van der Waals surface area contributed by atoms with Gasteiger partial charge in [0.2, 0.25) is 0 Å². The molecule has 0 spiro atoms. The molecule has 8 heteroatoms. The second-order valence-corrected chi connectivity index (χ2v) is 10.0. The predicted molar refractivity (Wildman–Crippen MR) is 144 cm³/mol. The SMILES string of the molecule is CN(C)CCNC(=O)c1ccc(CSc2nc(-c3ccccc3)cc(N3CCN(C)CC3)n2)cc1. The molecule has 0 saturated carbocycles. The van der Waals surface area contributed by atoms with E-state index in [1.807, 2.05) is 61.5 Å². The zero-order valence-corrected chi connectivity index (χ0v) is 21.6. The van der Waals surface area contributed by atoms with Crippen LogP contribution in [0.1, 0.15) is 15.9 Å². The maximum atomic E-state index is 12.3. The molecule has 1 N–H and O–H groups in total. The molecule has 0 radical (unpaired) electrons. The Morgan fingerprint density at radius 3 is 2.40 bits per heavy atom. The Labute approximate surface area is 212 Å². The minimum atomic E-state index is -0.0400.